The first-order valence-electron chi connectivity index (χ1n) is 7.42. The number of carbonyl (C=O) groups excluding carboxylic acids is 2. The number of nitrogens with zero attached hydrogens (tertiary/aromatic N) is 1. The number of hydrogen-bond donors (Lipinski definition) is 1. The lowest BCUT2D eigenvalue weighted by molar-refractivity contribution is -0.121. The number of hydrogen-bond acceptors (Lipinski definition) is 3. The SMILES string of the molecule is Cc1ccc(N2C(=O)C[C@@H](Nc3ccc(Cl)cc3)C2=O)c(C)c1. The van der Waals surface area contributed by atoms with Crippen molar-refractivity contribution in [1.82, 2.24) is 0 Å². The fourth-order valence-corrected chi connectivity index (χ4v) is 2.93. The second-order valence-electron chi connectivity index (χ2n) is 5.77. The third-order valence-electron chi connectivity index (χ3n) is 3.92. The quantitative estimate of drug-likeness (QED) is 0.874. The van der Waals surface area contributed by atoms with E-state index in [9.17, 15) is 9.59 Å². The smallest absolute Gasteiger partial charge is 0.256 e. The van der Waals surface area contributed by atoms with Crippen molar-refractivity contribution in [2.75, 3.05) is 10.2 Å². The summed E-state index contributed by atoms with van der Waals surface area (Å²) in [6, 6.07) is 12.2. The minimum absolute atomic E-state index is 0.148. The average molecular weight is 329 g/mol. The number of imide groups is 1. The van der Waals surface area contributed by atoms with Gasteiger partial charge in [-0.15, -0.1) is 0 Å². The summed E-state index contributed by atoms with van der Waals surface area (Å²) in [6.07, 6.45) is 0.148. The molecule has 1 aliphatic rings. The highest BCUT2D eigenvalue weighted by Gasteiger charge is 2.40. The van der Waals surface area contributed by atoms with E-state index in [-0.39, 0.29) is 18.2 Å². The zero-order valence-electron chi connectivity index (χ0n) is 13.0. The molecule has 1 atom stereocenters. The summed E-state index contributed by atoms with van der Waals surface area (Å²) in [4.78, 5) is 26.2. The van der Waals surface area contributed by atoms with E-state index in [1.165, 1.54) is 4.90 Å². The van der Waals surface area contributed by atoms with Crippen molar-refractivity contribution in [2.45, 2.75) is 26.3 Å². The Kier molecular flexibility index (Phi) is 4.09. The number of nitrogens with one attached hydrogen (secondary N) is 1. The summed E-state index contributed by atoms with van der Waals surface area (Å²) >= 11 is 5.86. The lowest BCUT2D eigenvalue weighted by atomic mass is 10.1. The molecule has 1 heterocycles. The zero-order valence-corrected chi connectivity index (χ0v) is 13.7. The average Bonchev–Trinajstić information content (AvgIpc) is 2.77. The maximum Gasteiger partial charge on any atom is 0.256 e. The molecule has 0 spiro atoms. The van der Waals surface area contributed by atoms with Gasteiger partial charge in [0.2, 0.25) is 5.91 Å². The summed E-state index contributed by atoms with van der Waals surface area (Å²) in [5.74, 6) is -0.412. The molecule has 1 aliphatic heterocycles. The van der Waals surface area contributed by atoms with Crippen molar-refractivity contribution in [3.05, 3.63) is 58.6 Å². The van der Waals surface area contributed by atoms with E-state index in [1.54, 1.807) is 24.3 Å². The molecule has 2 amide bonds. The molecule has 23 heavy (non-hydrogen) atoms. The van der Waals surface area contributed by atoms with Crippen molar-refractivity contribution in [3.8, 4) is 0 Å². The van der Waals surface area contributed by atoms with Gasteiger partial charge in [-0.05, 0) is 49.7 Å². The molecule has 1 saturated heterocycles. The molecule has 2 aromatic carbocycles. The molecule has 0 saturated carbocycles. The number of amides is 2. The molecule has 2 aromatic rings. The fraction of sp³-hybridized carbons (Fsp3) is 0.222. The Labute approximate surface area is 140 Å². The minimum atomic E-state index is -0.552. The maximum atomic E-state index is 12.6. The number of benzene rings is 2. The molecular weight excluding hydrogens is 312 g/mol. The van der Waals surface area contributed by atoms with Crippen LogP contribution in [0, 0.1) is 13.8 Å². The van der Waals surface area contributed by atoms with Crippen molar-refractivity contribution in [1.29, 1.82) is 0 Å². The molecule has 1 N–H and O–H groups in total. The van der Waals surface area contributed by atoms with E-state index in [0.717, 1.165) is 16.8 Å². The van der Waals surface area contributed by atoms with Crippen LogP contribution in [0.15, 0.2) is 42.5 Å². The van der Waals surface area contributed by atoms with E-state index in [4.69, 9.17) is 11.6 Å². The van der Waals surface area contributed by atoms with Crippen LogP contribution < -0.4 is 10.2 Å². The van der Waals surface area contributed by atoms with Gasteiger partial charge in [0, 0.05) is 10.7 Å². The molecule has 1 fully saturated rings. The van der Waals surface area contributed by atoms with Crippen molar-refractivity contribution in [3.63, 3.8) is 0 Å². The lowest BCUT2D eigenvalue weighted by Crippen LogP contribution is -2.35. The van der Waals surface area contributed by atoms with Crippen LogP contribution in [-0.4, -0.2) is 17.9 Å². The molecule has 4 nitrogen and oxygen atoms in total. The minimum Gasteiger partial charge on any atom is -0.373 e. The van der Waals surface area contributed by atoms with Gasteiger partial charge in [-0.25, -0.2) is 4.90 Å². The number of anilines is 2. The van der Waals surface area contributed by atoms with Crippen LogP contribution in [0.2, 0.25) is 5.02 Å². The van der Waals surface area contributed by atoms with Crippen LogP contribution in [0.3, 0.4) is 0 Å². The van der Waals surface area contributed by atoms with Crippen LogP contribution in [0.25, 0.3) is 0 Å². The Morgan fingerprint density at radius 1 is 1.09 bits per heavy atom. The highest BCUT2D eigenvalue weighted by Crippen LogP contribution is 2.28. The predicted octanol–water partition coefficient (Wildman–Crippen LogP) is 3.70. The van der Waals surface area contributed by atoms with Gasteiger partial charge < -0.3 is 5.32 Å². The largest absolute Gasteiger partial charge is 0.373 e. The normalized spacial score (nSPS) is 17.7. The Morgan fingerprint density at radius 2 is 1.78 bits per heavy atom. The van der Waals surface area contributed by atoms with Crippen LogP contribution in [-0.2, 0) is 9.59 Å². The standard InChI is InChI=1S/C18H17ClN2O2/c1-11-3-8-16(12(2)9-11)21-17(22)10-15(18(21)23)20-14-6-4-13(19)5-7-14/h3-9,15,20H,10H2,1-2H3/t15-/m1/s1. The molecule has 0 bridgehead atoms. The monoisotopic (exact) mass is 328 g/mol. The molecule has 0 radical (unpaired) electrons. The van der Waals surface area contributed by atoms with Crippen LogP contribution in [0.5, 0.6) is 0 Å². The molecule has 118 valence electrons. The van der Waals surface area contributed by atoms with Gasteiger partial charge in [0.15, 0.2) is 0 Å². The second kappa shape index (κ2) is 6.05. The fourth-order valence-electron chi connectivity index (χ4n) is 2.80. The van der Waals surface area contributed by atoms with E-state index >= 15 is 0 Å². The van der Waals surface area contributed by atoms with Gasteiger partial charge >= 0.3 is 0 Å². The number of rotatable bonds is 3. The Bertz CT molecular complexity index is 771. The Morgan fingerprint density at radius 3 is 2.43 bits per heavy atom. The van der Waals surface area contributed by atoms with E-state index < -0.39 is 6.04 Å². The maximum absolute atomic E-state index is 12.6. The van der Waals surface area contributed by atoms with E-state index in [2.05, 4.69) is 5.32 Å². The second-order valence-corrected chi connectivity index (χ2v) is 6.20. The Hall–Kier alpha value is -2.33. The molecule has 0 aliphatic carbocycles. The lowest BCUT2D eigenvalue weighted by Gasteiger charge is -2.18. The van der Waals surface area contributed by atoms with Gasteiger partial charge in [-0.2, -0.15) is 0 Å². The third kappa shape index (κ3) is 3.08. The topological polar surface area (TPSA) is 49.4 Å². The summed E-state index contributed by atoms with van der Waals surface area (Å²) in [6.45, 7) is 3.89. The number of halogens is 1. The van der Waals surface area contributed by atoms with Gasteiger partial charge in [0.1, 0.15) is 6.04 Å². The molecule has 0 unspecified atom stereocenters. The van der Waals surface area contributed by atoms with Crippen LogP contribution in [0.4, 0.5) is 11.4 Å². The summed E-state index contributed by atoms with van der Waals surface area (Å²) < 4.78 is 0. The van der Waals surface area contributed by atoms with Crippen molar-refractivity contribution in [2.24, 2.45) is 0 Å². The van der Waals surface area contributed by atoms with E-state index in [1.807, 2.05) is 32.0 Å². The van der Waals surface area contributed by atoms with E-state index in [0.29, 0.717) is 10.7 Å². The number of aryl methyl sites for hydroxylation is 2. The Balaban J connectivity index is 1.83. The summed E-state index contributed by atoms with van der Waals surface area (Å²) in [5.41, 5.74) is 3.44. The third-order valence-corrected chi connectivity index (χ3v) is 4.18. The zero-order chi connectivity index (χ0) is 16.6. The van der Waals surface area contributed by atoms with Crippen molar-refractivity contribution >= 4 is 34.8 Å². The first-order valence-corrected chi connectivity index (χ1v) is 7.79. The van der Waals surface area contributed by atoms with Crippen molar-refractivity contribution < 1.29 is 9.59 Å². The molecule has 0 aromatic heterocycles. The highest BCUT2D eigenvalue weighted by molar-refractivity contribution is 6.30. The molecular formula is C18H17ClN2O2. The summed E-state index contributed by atoms with van der Waals surface area (Å²) in [5, 5.41) is 3.73. The first kappa shape index (κ1) is 15.6. The summed E-state index contributed by atoms with van der Waals surface area (Å²) in [7, 11) is 0. The van der Waals surface area contributed by atoms with Gasteiger partial charge in [0.05, 0.1) is 12.1 Å². The highest BCUT2D eigenvalue weighted by atomic mass is 35.5. The number of carbonyl (C=O) groups is 2. The molecule has 5 heteroatoms. The van der Waals surface area contributed by atoms with Gasteiger partial charge in [-0.3, -0.25) is 9.59 Å². The van der Waals surface area contributed by atoms with Crippen LogP contribution >= 0.6 is 11.6 Å². The van der Waals surface area contributed by atoms with Gasteiger partial charge in [-0.1, -0.05) is 29.3 Å². The van der Waals surface area contributed by atoms with Gasteiger partial charge in [0.25, 0.3) is 5.91 Å². The first-order chi connectivity index (χ1) is 11.0. The van der Waals surface area contributed by atoms with Crippen LogP contribution in [0.1, 0.15) is 17.5 Å². The molecule has 3 rings (SSSR count). The predicted molar refractivity (Wildman–Crippen MR) is 91.9 cm³/mol.